The smallest absolute Gasteiger partial charge is 0.373 e. The first-order valence-corrected chi connectivity index (χ1v) is 15.2. The number of phenols is 1. The third-order valence-corrected chi connectivity index (χ3v) is 8.72. The van der Waals surface area contributed by atoms with Crippen LogP contribution in [-0.4, -0.2) is 171 Å². The number of nitrogens with one attached hydrogen (secondary N) is 1. The number of aliphatic carboxylic acids is 4. The van der Waals surface area contributed by atoms with Crippen LogP contribution in [0.2, 0.25) is 0 Å². The van der Waals surface area contributed by atoms with Crippen molar-refractivity contribution in [3.63, 3.8) is 0 Å². The molecule has 2 fully saturated rings. The average Bonchev–Trinajstić information content (AvgIpc) is 3.43. The van der Waals surface area contributed by atoms with Crippen molar-refractivity contribution in [3.8, 4) is 11.5 Å². The van der Waals surface area contributed by atoms with Crippen molar-refractivity contribution in [3.05, 3.63) is 41.1 Å². The van der Waals surface area contributed by atoms with E-state index in [0.717, 1.165) is 6.07 Å². The maximum absolute atomic E-state index is 12.2. The summed E-state index contributed by atoms with van der Waals surface area (Å²) in [5.74, 6) is -6.79. The van der Waals surface area contributed by atoms with Gasteiger partial charge in [-0.2, -0.15) is 4.58 Å². The van der Waals surface area contributed by atoms with E-state index in [4.69, 9.17) is 18.9 Å². The Balaban J connectivity index is 1.46. The molecule has 1 aromatic carbocycles. The zero-order valence-corrected chi connectivity index (χ0v) is 26.1. The third kappa shape index (κ3) is 7.51. The van der Waals surface area contributed by atoms with Crippen LogP contribution in [0.1, 0.15) is 12.0 Å². The first kappa shape index (κ1) is 37.5. The van der Waals surface area contributed by atoms with Crippen LogP contribution in [0.3, 0.4) is 0 Å². The highest BCUT2D eigenvalue weighted by atomic mass is 16.8. The van der Waals surface area contributed by atoms with Gasteiger partial charge >= 0.3 is 23.9 Å². The van der Waals surface area contributed by atoms with Crippen molar-refractivity contribution in [2.45, 2.75) is 86.3 Å². The predicted molar refractivity (Wildman–Crippen MR) is 160 cm³/mol. The van der Waals surface area contributed by atoms with E-state index >= 15 is 0 Å². The molecule has 21 nitrogen and oxygen atoms in total. The molecule has 4 aliphatic heterocycles. The number of carboxylic acids is 4. The molecule has 0 bridgehead atoms. The van der Waals surface area contributed by atoms with Crippen LogP contribution in [0.15, 0.2) is 35.6 Å². The van der Waals surface area contributed by atoms with E-state index in [0.29, 0.717) is 0 Å². The molecule has 0 spiro atoms. The minimum absolute atomic E-state index is 0.140. The maximum Gasteiger partial charge on any atom is 0.373 e. The van der Waals surface area contributed by atoms with Gasteiger partial charge in [0.2, 0.25) is 12.0 Å². The van der Waals surface area contributed by atoms with Crippen LogP contribution < -0.4 is 10.1 Å². The van der Waals surface area contributed by atoms with Gasteiger partial charge in [0, 0.05) is 18.1 Å². The minimum atomic E-state index is -2.09. The van der Waals surface area contributed by atoms with Gasteiger partial charge in [0.15, 0.2) is 36.2 Å². The van der Waals surface area contributed by atoms with Crippen molar-refractivity contribution >= 4 is 35.8 Å². The minimum Gasteiger partial charge on any atom is -0.504 e. The SMILES string of the molecule is O=C(O)C1=CC(=CC=[N+]2c3cc(O)c(OC4OC(CO)C(O)C(O)C4OC4OC(C(=O)O)C(O)C(O)C4O)cc3CC2C(=O)O)CC(C(=O)O)N1. The standard InChI is InChI=1S/C30H34N2O19/c33-8-17-18(35)20(37)24(51-29-22(39)19(36)21(38)23(50-29)28(46)47)30(49-17)48-16-6-10-5-14(27(44)45)32(13(10)7-15(16)34)2-1-9-3-11(25(40)41)31-12(4-9)26(42)43/h1-3,6-7,12,14,17-24,29-30,33,35-39H,4-5,8H2,(H5,34,40,41,42,43,44,45,46,47)/p+1. The second-order valence-electron chi connectivity index (χ2n) is 12.1. The summed E-state index contributed by atoms with van der Waals surface area (Å²) in [4.78, 5) is 46.8. The summed E-state index contributed by atoms with van der Waals surface area (Å²) in [6.45, 7) is -0.859. The quantitative estimate of drug-likeness (QED) is 0.101. The molecule has 21 heteroatoms. The van der Waals surface area contributed by atoms with Crippen LogP contribution in [0.4, 0.5) is 5.69 Å². The Labute approximate surface area is 285 Å². The van der Waals surface area contributed by atoms with E-state index in [-0.39, 0.29) is 29.7 Å². The van der Waals surface area contributed by atoms with Gasteiger partial charge in [0.25, 0.3) is 6.04 Å². The highest BCUT2D eigenvalue weighted by molar-refractivity contribution is 5.89. The second-order valence-corrected chi connectivity index (χ2v) is 12.1. The van der Waals surface area contributed by atoms with E-state index in [2.05, 4.69) is 5.32 Å². The fourth-order valence-corrected chi connectivity index (χ4v) is 6.03. The van der Waals surface area contributed by atoms with Gasteiger partial charge in [-0.3, -0.25) is 0 Å². The largest absolute Gasteiger partial charge is 0.504 e. The Morgan fingerprint density at radius 2 is 1.57 bits per heavy atom. The van der Waals surface area contributed by atoms with Gasteiger partial charge in [-0.15, -0.1) is 0 Å². The predicted octanol–water partition coefficient (Wildman–Crippen LogP) is -4.45. The molecule has 0 saturated carbocycles. The van der Waals surface area contributed by atoms with Gasteiger partial charge in [-0.25, -0.2) is 19.2 Å². The summed E-state index contributed by atoms with van der Waals surface area (Å²) in [5.41, 5.74) is 0.282. The molecule has 12 atom stereocenters. The summed E-state index contributed by atoms with van der Waals surface area (Å²) in [6.07, 6.45) is -16.0. The Morgan fingerprint density at radius 3 is 2.18 bits per heavy atom. The third-order valence-electron chi connectivity index (χ3n) is 8.72. The zero-order chi connectivity index (χ0) is 37.5. The lowest BCUT2D eigenvalue weighted by Crippen LogP contribution is -2.65. The van der Waals surface area contributed by atoms with E-state index in [1.165, 1.54) is 29.0 Å². The summed E-state index contributed by atoms with van der Waals surface area (Å²) >= 11 is 0. The van der Waals surface area contributed by atoms with Gasteiger partial charge in [0.05, 0.1) is 19.1 Å². The molecule has 278 valence electrons. The van der Waals surface area contributed by atoms with E-state index in [1.807, 2.05) is 0 Å². The highest BCUT2D eigenvalue weighted by Gasteiger charge is 2.53. The van der Waals surface area contributed by atoms with Crippen LogP contribution in [-0.2, 0) is 39.8 Å². The number of aliphatic hydroxyl groups is 6. The van der Waals surface area contributed by atoms with E-state index in [9.17, 15) is 75.3 Å². The molecule has 12 N–H and O–H groups in total. The number of nitrogens with zero attached hydrogens (tertiary/aromatic N) is 1. The number of aliphatic hydroxyl groups excluding tert-OH is 6. The fourth-order valence-electron chi connectivity index (χ4n) is 6.03. The molecule has 1 aromatic rings. The average molecular weight is 728 g/mol. The maximum atomic E-state index is 12.2. The summed E-state index contributed by atoms with van der Waals surface area (Å²) in [7, 11) is 0. The number of hydrogen-bond donors (Lipinski definition) is 12. The number of carboxylic acid groups (broad SMARTS) is 4. The Morgan fingerprint density at radius 1 is 0.863 bits per heavy atom. The number of ether oxygens (including phenoxy) is 4. The monoisotopic (exact) mass is 727 g/mol. The van der Waals surface area contributed by atoms with Crippen LogP contribution in [0.5, 0.6) is 11.5 Å². The fraction of sp³-hybridized carbons (Fsp3) is 0.500. The molecule has 0 aromatic heterocycles. The van der Waals surface area contributed by atoms with Gasteiger partial charge in [0.1, 0.15) is 48.4 Å². The topological polar surface area (TPSA) is 343 Å². The van der Waals surface area contributed by atoms with E-state index in [1.54, 1.807) is 0 Å². The number of hydrogen-bond acceptors (Lipinski definition) is 16. The molecule has 0 aliphatic carbocycles. The van der Waals surface area contributed by atoms with Crippen LogP contribution in [0.25, 0.3) is 0 Å². The van der Waals surface area contributed by atoms with Crippen molar-refractivity contribution in [2.24, 2.45) is 0 Å². The lowest BCUT2D eigenvalue weighted by atomic mass is 9.97. The second kappa shape index (κ2) is 14.9. The first-order chi connectivity index (χ1) is 24.0. The van der Waals surface area contributed by atoms with Gasteiger partial charge in [-0.05, 0) is 17.7 Å². The summed E-state index contributed by atoms with van der Waals surface area (Å²) in [6, 6.07) is -0.208. The zero-order valence-electron chi connectivity index (χ0n) is 26.1. The molecule has 5 rings (SSSR count). The summed E-state index contributed by atoms with van der Waals surface area (Å²) in [5, 5.41) is 113. The number of allylic oxidation sites excluding steroid dienone is 2. The Kier molecular flexibility index (Phi) is 10.9. The van der Waals surface area contributed by atoms with Crippen molar-refractivity contribution < 1.29 is 98.9 Å². The number of fused-ring (bicyclic) bond motifs is 1. The molecule has 4 aliphatic rings. The molecule has 0 amide bonds. The number of aromatic hydroxyl groups is 1. The molecule has 12 unspecified atom stereocenters. The first-order valence-electron chi connectivity index (χ1n) is 15.2. The molecule has 51 heavy (non-hydrogen) atoms. The van der Waals surface area contributed by atoms with Crippen LogP contribution in [0, 0.1) is 0 Å². The summed E-state index contributed by atoms with van der Waals surface area (Å²) < 4.78 is 23.2. The van der Waals surface area contributed by atoms with Crippen LogP contribution >= 0.6 is 0 Å². The lowest BCUT2D eigenvalue weighted by molar-refractivity contribution is -0.456. The number of phenolic OH excluding ortho intramolecular Hbond substituents is 1. The van der Waals surface area contributed by atoms with Gasteiger partial charge in [-0.1, -0.05) is 0 Å². The lowest BCUT2D eigenvalue weighted by Gasteiger charge is -2.45. The number of rotatable bonds is 10. The van der Waals surface area contributed by atoms with E-state index < -0.39 is 121 Å². The van der Waals surface area contributed by atoms with Crippen molar-refractivity contribution in [1.29, 1.82) is 0 Å². The molecular formula is C30H35N2O19+. The van der Waals surface area contributed by atoms with Gasteiger partial charge < -0.3 is 80.4 Å². The normalized spacial score (nSPS) is 36.5. The highest BCUT2D eigenvalue weighted by Crippen LogP contribution is 2.41. The number of carbonyl (C=O) groups is 4. The van der Waals surface area contributed by atoms with Crippen molar-refractivity contribution in [1.82, 2.24) is 5.32 Å². The van der Waals surface area contributed by atoms with Crippen molar-refractivity contribution in [2.75, 3.05) is 6.61 Å². The Hall–Kier alpha value is -4.71. The molecule has 2 saturated heterocycles. The Bertz CT molecular complexity index is 1660. The molecule has 4 heterocycles. The number of benzene rings is 1. The molecule has 0 radical (unpaired) electrons. The molecular weight excluding hydrogens is 692 g/mol.